The van der Waals surface area contributed by atoms with Gasteiger partial charge < -0.3 is 20.7 Å². The van der Waals surface area contributed by atoms with Crippen LogP contribution in [0.3, 0.4) is 0 Å². The van der Waals surface area contributed by atoms with Crippen molar-refractivity contribution in [3.05, 3.63) is 0 Å². The number of hydrogen-bond acceptors (Lipinski definition) is 4. The fourth-order valence-electron chi connectivity index (χ4n) is 2.81. The van der Waals surface area contributed by atoms with E-state index < -0.39 is 5.60 Å². The third-order valence-corrected chi connectivity index (χ3v) is 3.97. The Labute approximate surface area is 135 Å². The standard InChI is InChI=1S/C17H35N3O2/c1-12(2)15(11-19-16(21)22-17(4,5)6)20-13(3)10-14-8-7-9-18-14/h12-15,18,20H,7-11H2,1-6H3,(H,19,21). The lowest BCUT2D eigenvalue weighted by Crippen LogP contribution is -2.49. The van der Waals surface area contributed by atoms with Gasteiger partial charge in [0, 0.05) is 24.7 Å². The van der Waals surface area contributed by atoms with Crippen LogP contribution < -0.4 is 16.0 Å². The smallest absolute Gasteiger partial charge is 0.407 e. The van der Waals surface area contributed by atoms with Crippen LogP contribution in [-0.2, 0) is 4.74 Å². The maximum absolute atomic E-state index is 11.8. The van der Waals surface area contributed by atoms with Crippen LogP contribution in [0.1, 0.15) is 60.8 Å². The van der Waals surface area contributed by atoms with Gasteiger partial charge in [-0.3, -0.25) is 0 Å². The molecule has 130 valence electrons. The van der Waals surface area contributed by atoms with Gasteiger partial charge in [-0.05, 0) is 59.4 Å². The van der Waals surface area contributed by atoms with Crippen molar-refractivity contribution in [1.29, 1.82) is 0 Å². The summed E-state index contributed by atoms with van der Waals surface area (Å²) < 4.78 is 5.29. The number of amides is 1. The number of carbonyl (C=O) groups is 1. The first-order valence-electron chi connectivity index (χ1n) is 8.63. The van der Waals surface area contributed by atoms with E-state index in [0.717, 1.165) is 13.0 Å². The van der Waals surface area contributed by atoms with E-state index >= 15 is 0 Å². The molecule has 22 heavy (non-hydrogen) atoms. The van der Waals surface area contributed by atoms with Crippen LogP contribution in [0.2, 0.25) is 0 Å². The molecule has 1 saturated heterocycles. The van der Waals surface area contributed by atoms with E-state index in [0.29, 0.717) is 24.5 Å². The number of rotatable bonds is 7. The third kappa shape index (κ3) is 7.99. The summed E-state index contributed by atoms with van der Waals surface area (Å²) in [6, 6.07) is 1.32. The minimum absolute atomic E-state index is 0.254. The summed E-state index contributed by atoms with van der Waals surface area (Å²) in [5.74, 6) is 0.453. The molecule has 3 atom stereocenters. The number of ether oxygens (including phenoxy) is 1. The van der Waals surface area contributed by atoms with Gasteiger partial charge in [0.25, 0.3) is 0 Å². The highest BCUT2D eigenvalue weighted by Crippen LogP contribution is 2.12. The lowest BCUT2D eigenvalue weighted by Gasteiger charge is -2.28. The molecule has 0 aromatic rings. The molecule has 0 spiro atoms. The average molecular weight is 313 g/mol. The number of alkyl carbamates (subject to hydrolysis) is 1. The highest BCUT2D eigenvalue weighted by molar-refractivity contribution is 5.67. The van der Waals surface area contributed by atoms with E-state index in [4.69, 9.17) is 4.74 Å². The molecule has 0 aliphatic carbocycles. The first-order chi connectivity index (χ1) is 10.2. The normalized spacial score (nSPS) is 21.7. The SMILES string of the molecule is CC(CC1CCCN1)NC(CNC(=O)OC(C)(C)C)C(C)C. The van der Waals surface area contributed by atoms with Crippen LogP contribution in [0.15, 0.2) is 0 Å². The molecular weight excluding hydrogens is 278 g/mol. The topological polar surface area (TPSA) is 62.4 Å². The Bertz CT molecular complexity index is 333. The van der Waals surface area contributed by atoms with Crippen molar-refractivity contribution >= 4 is 6.09 Å². The van der Waals surface area contributed by atoms with Crippen molar-refractivity contribution < 1.29 is 9.53 Å². The van der Waals surface area contributed by atoms with Crippen molar-refractivity contribution in [2.75, 3.05) is 13.1 Å². The van der Waals surface area contributed by atoms with Crippen LogP contribution in [0.5, 0.6) is 0 Å². The zero-order valence-electron chi connectivity index (χ0n) is 15.2. The predicted octanol–water partition coefficient (Wildman–Crippen LogP) is 2.66. The van der Waals surface area contributed by atoms with E-state index in [-0.39, 0.29) is 12.1 Å². The molecule has 0 bridgehead atoms. The van der Waals surface area contributed by atoms with E-state index in [1.54, 1.807) is 0 Å². The van der Waals surface area contributed by atoms with Gasteiger partial charge in [0.1, 0.15) is 5.60 Å². The molecule has 1 aliphatic rings. The summed E-state index contributed by atoms with van der Waals surface area (Å²) in [7, 11) is 0. The van der Waals surface area contributed by atoms with E-state index in [2.05, 4.69) is 36.7 Å². The Morgan fingerprint density at radius 3 is 2.50 bits per heavy atom. The second-order valence-corrected chi connectivity index (χ2v) is 7.83. The summed E-state index contributed by atoms with van der Waals surface area (Å²) in [5.41, 5.74) is -0.452. The van der Waals surface area contributed by atoms with Crippen LogP contribution >= 0.6 is 0 Å². The molecule has 1 aliphatic heterocycles. The zero-order valence-corrected chi connectivity index (χ0v) is 15.2. The fourth-order valence-corrected chi connectivity index (χ4v) is 2.81. The van der Waals surface area contributed by atoms with Crippen LogP contribution in [0, 0.1) is 5.92 Å². The molecule has 1 rings (SSSR count). The molecule has 0 radical (unpaired) electrons. The van der Waals surface area contributed by atoms with Gasteiger partial charge in [-0.15, -0.1) is 0 Å². The van der Waals surface area contributed by atoms with Crippen molar-refractivity contribution in [3.63, 3.8) is 0 Å². The molecular formula is C17H35N3O2. The summed E-state index contributed by atoms with van der Waals surface area (Å²) in [4.78, 5) is 11.8. The summed E-state index contributed by atoms with van der Waals surface area (Å²) >= 11 is 0. The van der Waals surface area contributed by atoms with Crippen LogP contribution in [0.25, 0.3) is 0 Å². The first kappa shape index (κ1) is 19.2. The maximum atomic E-state index is 11.8. The van der Waals surface area contributed by atoms with Crippen molar-refractivity contribution in [3.8, 4) is 0 Å². The number of hydrogen-bond donors (Lipinski definition) is 3. The van der Waals surface area contributed by atoms with Crippen LogP contribution in [0.4, 0.5) is 4.79 Å². The second kappa shape index (κ2) is 8.73. The quantitative estimate of drug-likeness (QED) is 0.676. The Kier molecular flexibility index (Phi) is 7.63. The Hall–Kier alpha value is -0.810. The molecule has 3 unspecified atom stereocenters. The van der Waals surface area contributed by atoms with Gasteiger partial charge >= 0.3 is 6.09 Å². The molecule has 0 saturated carbocycles. The van der Waals surface area contributed by atoms with Crippen molar-refractivity contribution in [2.45, 2.75) is 84.5 Å². The van der Waals surface area contributed by atoms with Gasteiger partial charge in [0.2, 0.25) is 0 Å². The first-order valence-corrected chi connectivity index (χ1v) is 8.63. The van der Waals surface area contributed by atoms with E-state index in [1.807, 2.05) is 20.8 Å². The lowest BCUT2D eigenvalue weighted by atomic mass is 10.0. The van der Waals surface area contributed by atoms with Crippen molar-refractivity contribution in [1.82, 2.24) is 16.0 Å². The molecule has 1 fully saturated rings. The molecule has 5 nitrogen and oxygen atoms in total. The fraction of sp³-hybridized carbons (Fsp3) is 0.941. The molecule has 0 aromatic heterocycles. The molecule has 3 N–H and O–H groups in total. The largest absolute Gasteiger partial charge is 0.444 e. The summed E-state index contributed by atoms with van der Waals surface area (Å²) in [6.45, 7) is 13.9. The highest BCUT2D eigenvalue weighted by Gasteiger charge is 2.22. The average Bonchev–Trinajstić information content (AvgIpc) is 2.84. The monoisotopic (exact) mass is 313 g/mol. The minimum Gasteiger partial charge on any atom is -0.444 e. The molecule has 0 aromatic carbocycles. The highest BCUT2D eigenvalue weighted by atomic mass is 16.6. The van der Waals surface area contributed by atoms with Crippen molar-refractivity contribution in [2.24, 2.45) is 5.92 Å². The predicted molar refractivity (Wildman–Crippen MR) is 91.1 cm³/mol. The van der Waals surface area contributed by atoms with E-state index in [9.17, 15) is 4.79 Å². The Morgan fingerprint density at radius 2 is 2.00 bits per heavy atom. The summed E-state index contributed by atoms with van der Waals surface area (Å²) in [5, 5.41) is 10.1. The van der Waals surface area contributed by atoms with Gasteiger partial charge in [0.15, 0.2) is 0 Å². The molecule has 1 heterocycles. The van der Waals surface area contributed by atoms with Crippen LogP contribution in [-0.4, -0.2) is 42.9 Å². The zero-order chi connectivity index (χ0) is 16.8. The lowest BCUT2D eigenvalue weighted by molar-refractivity contribution is 0.0518. The number of carbonyl (C=O) groups excluding carboxylic acids is 1. The third-order valence-electron chi connectivity index (χ3n) is 3.97. The minimum atomic E-state index is -0.452. The Balaban J connectivity index is 2.36. The van der Waals surface area contributed by atoms with Gasteiger partial charge in [-0.2, -0.15) is 0 Å². The van der Waals surface area contributed by atoms with Gasteiger partial charge in [0.05, 0.1) is 0 Å². The van der Waals surface area contributed by atoms with Gasteiger partial charge in [-0.25, -0.2) is 4.79 Å². The molecule has 5 heteroatoms. The van der Waals surface area contributed by atoms with E-state index in [1.165, 1.54) is 12.8 Å². The van der Waals surface area contributed by atoms with Gasteiger partial charge in [-0.1, -0.05) is 13.8 Å². The second-order valence-electron chi connectivity index (χ2n) is 7.83. The maximum Gasteiger partial charge on any atom is 0.407 e. The number of nitrogens with one attached hydrogen (secondary N) is 3. The summed E-state index contributed by atoms with van der Waals surface area (Å²) in [6.07, 6.45) is 3.35. The molecule has 1 amide bonds. The Morgan fingerprint density at radius 1 is 1.32 bits per heavy atom.